The summed E-state index contributed by atoms with van der Waals surface area (Å²) in [6.07, 6.45) is 22.2. The summed E-state index contributed by atoms with van der Waals surface area (Å²) < 4.78 is 0. The number of nitrogens with zero attached hydrogens (tertiary/aromatic N) is 1. The summed E-state index contributed by atoms with van der Waals surface area (Å²) in [5.74, 6) is 3.24. The fourth-order valence-corrected chi connectivity index (χ4v) is 6.00. The summed E-state index contributed by atoms with van der Waals surface area (Å²) in [4.78, 5) is 4.57. The molecule has 1 aliphatic rings. The van der Waals surface area contributed by atoms with Crippen molar-refractivity contribution in [1.82, 2.24) is 4.98 Å². The average Bonchev–Trinajstić information content (AvgIpc) is 3.07. The van der Waals surface area contributed by atoms with Gasteiger partial charge in [0.1, 0.15) is 0 Å². The van der Waals surface area contributed by atoms with Crippen molar-refractivity contribution in [1.29, 1.82) is 0 Å². The van der Waals surface area contributed by atoms with E-state index in [1.807, 2.05) is 12.3 Å². The van der Waals surface area contributed by atoms with E-state index < -0.39 is 0 Å². The summed E-state index contributed by atoms with van der Waals surface area (Å²) in [6.45, 7) is 14.6. The molecule has 32 heavy (non-hydrogen) atoms. The second kappa shape index (κ2) is 14.2. The molecule has 0 bridgehead atoms. The highest BCUT2D eigenvalue weighted by Crippen LogP contribution is 2.53. The molecule has 0 aliphatic heterocycles. The SMILES string of the molecule is CCCCC/C(C)=C/CCC(C)CCC1(C)C(C)CCC1CCCC(C)c1ccccn1. The van der Waals surface area contributed by atoms with Crippen molar-refractivity contribution in [2.24, 2.45) is 23.2 Å². The maximum absolute atomic E-state index is 4.57. The Hall–Kier alpha value is -1.11. The molecule has 182 valence electrons. The predicted octanol–water partition coefficient (Wildman–Crippen LogP) is 10.1. The van der Waals surface area contributed by atoms with Crippen molar-refractivity contribution >= 4 is 0 Å². The maximum atomic E-state index is 4.57. The first kappa shape index (κ1) is 27.1. The van der Waals surface area contributed by atoms with Crippen LogP contribution in [-0.4, -0.2) is 4.98 Å². The van der Waals surface area contributed by atoms with Crippen molar-refractivity contribution in [3.8, 4) is 0 Å². The molecule has 1 heterocycles. The molecule has 2 rings (SSSR count). The van der Waals surface area contributed by atoms with Gasteiger partial charge in [0.15, 0.2) is 0 Å². The largest absolute Gasteiger partial charge is 0.261 e. The predicted molar refractivity (Wildman–Crippen MR) is 142 cm³/mol. The zero-order valence-electron chi connectivity index (χ0n) is 22.3. The Morgan fingerprint density at radius 1 is 1.12 bits per heavy atom. The third-order valence-electron chi connectivity index (χ3n) is 8.89. The van der Waals surface area contributed by atoms with E-state index in [1.165, 1.54) is 89.2 Å². The minimum absolute atomic E-state index is 0.550. The van der Waals surface area contributed by atoms with E-state index in [0.717, 1.165) is 17.8 Å². The van der Waals surface area contributed by atoms with Crippen LogP contribution in [0.15, 0.2) is 36.0 Å². The molecule has 1 nitrogen and oxygen atoms in total. The topological polar surface area (TPSA) is 12.9 Å². The Morgan fingerprint density at radius 2 is 1.94 bits per heavy atom. The molecule has 1 saturated carbocycles. The third kappa shape index (κ3) is 8.68. The molecule has 0 N–H and O–H groups in total. The lowest BCUT2D eigenvalue weighted by molar-refractivity contribution is 0.130. The fraction of sp³-hybridized carbons (Fsp3) is 0.774. The van der Waals surface area contributed by atoms with E-state index in [1.54, 1.807) is 5.57 Å². The Morgan fingerprint density at radius 3 is 2.66 bits per heavy atom. The van der Waals surface area contributed by atoms with Crippen LogP contribution in [0.3, 0.4) is 0 Å². The summed E-state index contributed by atoms with van der Waals surface area (Å²) in [5, 5.41) is 0. The first-order chi connectivity index (χ1) is 15.4. The fourth-order valence-electron chi connectivity index (χ4n) is 6.00. The van der Waals surface area contributed by atoms with E-state index >= 15 is 0 Å². The summed E-state index contributed by atoms with van der Waals surface area (Å²) in [7, 11) is 0. The lowest BCUT2D eigenvalue weighted by Gasteiger charge is -2.37. The van der Waals surface area contributed by atoms with Gasteiger partial charge >= 0.3 is 0 Å². The highest BCUT2D eigenvalue weighted by Gasteiger charge is 2.43. The Kier molecular flexibility index (Phi) is 12.1. The van der Waals surface area contributed by atoms with E-state index in [-0.39, 0.29) is 0 Å². The van der Waals surface area contributed by atoms with Gasteiger partial charge in [-0.25, -0.2) is 0 Å². The average molecular weight is 440 g/mol. The Balaban J connectivity index is 1.74. The number of unbranched alkanes of at least 4 members (excludes halogenated alkanes) is 2. The molecule has 0 radical (unpaired) electrons. The number of hydrogen-bond donors (Lipinski definition) is 0. The van der Waals surface area contributed by atoms with Crippen molar-refractivity contribution in [2.75, 3.05) is 0 Å². The van der Waals surface area contributed by atoms with Gasteiger partial charge in [-0.2, -0.15) is 0 Å². The zero-order valence-corrected chi connectivity index (χ0v) is 22.3. The lowest BCUT2D eigenvalue weighted by Crippen LogP contribution is -2.28. The van der Waals surface area contributed by atoms with Crippen LogP contribution in [-0.2, 0) is 0 Å². The van der Waals surface area contributed by atoms with Crippen molar-refractivity contribution in [2.45, 2.75) is 131 Å². The number of pyridine rings is 1. The highest BCUT2D eigenvalue weighted by molar-refractivity contribution is 5.08. The molecule has 0 saturated heterocycles. The summed E-state index contributed by atoms with van der Waals surface area (Å²) >= 11 is 0. The van der Waals surface area contributed by atoms with Crippen LogP contribution in [0.1, 0.15) is 137 Å². The second-order valence-corrected chi connectivity index (χ2v) is 11.5. The van der Waals surface area contributed by atoms with E-state index in [4.69, 9.17) is 0 Å². The zero-order chi connectivity index (χ0) is 23.4. The monoisotopic (exact) mass is 439 g/mol. The molecule has 0 amide bonds. The summed E-state index contributed by atoms with van der Waals surface area (Å²) in [5.41, 5.74) is 3.43. The third-order valence-corrected chi connectivity index (χ3v) is 8.89. The normalized spacial score (nSPS) is 25.8. The van der Waals surface area contributed by atoms with Gasteiger partial charge in [-0.3, -0.25) is 4.98 Å². The van der Waals surface area contributed by atoms with Crippen LogP contribution in [0.4, 0.5) is 0 Å². The highest BCUT2D eigenvalue weighted by atomic mass is 14.7. The minimum Gasteiger partial charge on any atom is -0.261 e. The van der Waals surface area contributed by atoms with Crippen molar-refractivity contribution in [3.63, 3.8) is 0 Å². The summed E-state index contributed by atoms with van der Waals surface area (Å²) in [6, 6.07) is 6.34. The van der Waals surface area contributed by atoms with E-state index in [9.17, 15) is 0 Å². The van der Waals surface area contributed by atoms with Crippen LogP contribution in [0.2, 0.25) is 0 Å². The van der Waals surface area contributed by atoms with Crippen LogP contribution < -0.4 is 0 Å². The minimum atomic E-state index is 0.550. The molecule has 5 atom stereocenters. The molecular weight excluding hydrogens is 386 g/mol. The molecule has 1 heteroatoms. The van der Waals surface area contributed by atoms with Gasteiger partial charge in [0.2, 0.25) is 0 Å². The van der Waals surface area contributed by atoms with Crippen molar-refractivity contribution in [3.05, 3.63) is 41.7 Å². The standard InChI is InChI=1S/C31H53N/c1-7-8-9-14-25(2)15-12-16-26(3)22-23-31(6)28(5)20-21-29(31)18-13-17-27(4)30-19-10-11-24-32-30/h10-11,15,19,24,26-29H,7-9,12-14,16-18,20-23H2,1-6H3/b25-15+. The lowest BCUT2D eigenvalue weighted by atomic mass is 9.68. The van der Waals surface area contributed by atoms with Crippen LogP contribution in [0.5, 0.6) is 0 Å². The number of aromatic nitrogens is 1. The molecule has 1 aromatic rings. The molecule has 5 unspecified atom stereocenters. The first-order valence-electron chi connectivity index (χ1n) is 13.9. The Labute approximate surface area is 200 Å². The number of rotatable bonds is 15. The number of allylic oxidation sites excluding steroid dienone is 2. The molecule has 1 aromatic heterocycles. The number of hydrogen-bond acceptors (Lipinski definition) is 1. The van der Waals surface area contributed by atoms with Crippen LogP contribution >= 0.6 is 0 Å². The molecule has 1 aliphatic carbocycles. The van der Waals surface area contributed by atoms with E-state index in [2.05, 4.69) is 64.7 Å². The van der Waals surface area contributed by atoms with Crippen LogP contribution in [0, 0.1) is 23.2 Å². The van der Waals surface area contributed by atoms with Gasteiger partial charge in [-0.15, -0.1) is 0 Å². The van der Waals surface area contributed by atoms with Gasteiger partial charge in [-0.1, -0.05) is 78.0 Å². The van der Waals surface area contributed by atoms with Crippen LogP contribution in [0.25, 0.3) is 0 Å². The quantitative estimate of drug-likeness (QED) is 0.196. The smallest absolute Gasteiger partial charge is 0.0431 e. The van der Waals surface area contributed by atoms with Gasteiger partial charge in [-0.05, 0) is 106 Å². The molecular formula is C31H53N. The molecule has 1 fully saturated rings. The second-order valence-electron chi connectivity index (χ2n) is 11.5. The van der Waals surface area contributed by atoms with Gasteiger partial charge < -0.3 is 0 Å². The first-order valence-corrected chi connectivity index (χ1v) is 13.9. The maximum Gasteiger partial charge on any atom is 0.0431 e. The van der Waals surface area contributed by atoms with Crippen molar-refractivity contribution < 1.29 is 0 Å². The molecule has 0 spiro atoms. The molecule has 0 aromatic carbocycles. The Bertz CT molecular complexity index is 648. The van der Waals surface area contributed by atoms with Gasteiger partial charge in [0.25, 0.3) is 0 Å². The van der Waals surface area contributed by atoms with Gasteiger partial charge in [0.05, 0.1) is 0 Å². The van der Waals surface area contributed by atoms with Gasteiger partial charge in [0, 0.05) is 11.9 Å². The van der Waals surface area contributed by atoms with E-state index in [0.29, 0.717) is 11.3 Å².